The van der Waals surface area contributed by atoms with Crippen LogP contribution in [0.1, 0.15) is 36.1 Å². The molecule has 1 atom stereocenters. The van der Waals surface area contributed by atoms with Gasteiger partial charge in [-0.25, -0.2) is 4.98 Å². The highest BCUT2D eigenvalue weighted by Crippen LogP contribution is 2.40. The Morgan fingerprint density at radius 3 is 2.95 bits per heavy atom. The van der Waals surface area contributed by atoms with Crippen molar-refractivity contribution in [3.05, 3.63) is 34.2 Å². The molecule has 0 amide bonds. The number of aromatic nitrogens is 2. The van der Waals surface area contributed by atoms with Crippen LogP contribution in [-0.4, -0.2) is 22.2 Å². The molecule has 112 valence electrons. The van der Waals surface area contributed by atoms with Crippen molar-refractivity contribution in [1.82, 2.24) is 9.97 Å². The molecule has 0 N–H and O–H groups in total. The summed E-state index contributed by atoms with van der Waals surface area (Å²) in [5, 5.41) is 1.66. The minimum atomic E-state index is 0. The van der Waals surface area contributed by atoms with Crippen molar-refractivity contribution in [3.8, 4) is 0 Å². The van der Waals surface area contributed by atoms with E-state index in [9.17, 15) is 0 Å². The lowest BCUT2D eigenvalue weighted by Crippen LogP contribution is -2.35. The summed E-state index contributed by atoms with van der Waals surface area (Å²) >= 11 is 6.03. The minimum absolute atomic E-state index is 0. The number of rotatable bonds is 0. The van der Waals surface area contributed by atoms with E-state index in [2.05, 4.69) is 11.9 Å². The van der Waals surface area contributed by atoms with E-state index in [0.29, 0.717) is 5.15 Å². The molecule has 21 heavy (non-hydrogen) atoms. The maximum absolute atomic E-state index is 6.06. The van der Waals surface area contributed by atoms with Crippen LogP contribution in [0.3, 0.4) is 0 Å². The summed E-state index contributed by atoms with van der Waals surface area (Å²) in [7, 11) is 0. The van der Waals surface area contributed by atoms with E-state index in [1.807, 2.05) is 6.07 Å². The lowest BCUT2D eigenvalue weighted by atomic mass is 9.79. The summed E-state index contributed by atoms with van der Waals surface area (Å²) < 4.78 is 6.06. The van der Waals surface area contributed by atoms with Crippen LogP contribution in [0.4, 0.5) is 0 Å². The van der Waals surface area contributed by atoms with Crippen LogP contribution >= 0.6 is 24.0 Å². The van der Waals surface area contributed by atoms with Crippen molar-refractivity contribution in [2.24, 2.45) is 0 Å². The van der Waals surface area contributed by atoms with Crippen LogP contribution < -0.4 is 0 Å². The number of aryl methyl sites for hydroxylation is 2. The van der Waals surface area contributed by atoms with Crippen molar-refractivity contribution in [3.63, 3.8) is 0 Å². The smallest absolute Gasteiger partial charge is 0.129 e. The van der Waals surface area contributed by atoms with E-state index >= 15 is 0 Å². The fourth-order valence-electron chi connectivity index (χ4n) is 3.69. The second kappa shape index (κ2) is 5.38. The molecular weight excluding hydrogens is 307 g/mol. The first kappa shape index (κ1) is 15.0. The Balaban J connectivity index is 0.00000132. The Hall–Kier alpha value is -0.900. The molecule has 0 radical (unpaired) electrons. The van der Waals surface area contributed by atoms with E-state index < -0.39 is 0 Å². The maximum Gasteiger partial charge on any atom is 0.129 e. The standard InChI is InChI=1S/C16H17ClN2O.ClH/c1-10-11-7-15(17)18-9-14(11)19-13-3-5-16(8-12(10)13)4-2-6-20-16;/h7,9H,2-6,8H2,1H3;1H. The monoisotopic (exact) mass is 324 g/mol. The Bertz CT molecular complexity index is 696. The quantitative estimate of drug-likeness (QED) is 0.686. The normalized spacial score (nSPS) is 24.1. The molecule has 2 aromatic rings. The van der Waals surface area contributed by atoms with Crippen LogP contribution in [0.25, 0.3) is 10.9 Å². The molecule has 0 bridgehead atoms. The molecule has 0 aromatic carbocycles. The molecule has 2 aliphatic rings. The molecule has 1 spiro atoms. The fourth-order valence-corrected chi connectivity index (χ4v) is 3.85. The third kappa shape index (κ3) is 2.41. The molecule has 1 fully saturated rings. The van der Waals surface area contributed by atoms with Crippen molar-refractivity contribution in [1.29, 1.82) is 0 Å². The molecule has 1 aliphatic carbocycles. The summed E-state index contributed by atoms with van der Waals surface area (Å²) in [5.74, 6) is 0. The third-order valence-corrected chi connectivity index (χ3v) is 5.02. The Kier molecular flexibility index (Phi) is 3.85. The van der Waals surface area contributed by atoms with E-state index in [1.165, 1.54) is 29.7 Å². The van der Waals surface area contributed by atoms with Gasteiger partial charge in [0.2, 0.25) is 0 Å². The summed E-state index contributed by atoms with van der Waals surface area (Å²) in [4.78, 5) is 8.94. The van der Waals surface area contributed by atoms with Crippen LogP contribution in [0.2, 0.25) is 5.15 Å². The number of pyridine rings is 2. The molecule has 5 heteroatoms. The van der Waals surface area contributed by atoms with Gasteiger partial charge in [0, 0.05) is 24.1 Å². The zero-order chi connectivity index (χ0) is 13.7. The zero-order valence-corrected chi connectivity index (χ0v) is 13.6. The average molecular weight is 325 g/mol. The van der Waals surface area contributed by atoms with Gasteiger partial charge in [0.05, 0.1) is 17.3 Å². The Morgan fingerprint density at radius 1 is 1.33 bits per heavy atom. The van der Waals surface area contributed by atoms with Crippen molar-refractivity contribution < 1.29 is 4.74 Å². The van der Waals surface area contributed by atoms with Gasteiger partial charge in [-0.05, 0) is 49.8 Å². The molecule has 1 saturated heterocycles. The molecule has 2 aromatic heterocycles. The fraction of sp³-hybridized carbons (Fsp3) is 0.500. The Labute approximate surface area is 135 Å². The number of ether oxygens (including phenoxy) is 1. The van der Waals surface area contributed by atoms with Crippen molar-refractivity contribution in [2.45, 2.75) is 44.6 Å². The first-order chi connectivity index (χ1) is 9.67. The van der Waals surface area contributed by atoms with Gasteiger partial charge >= 0.3 is 0 Å². The molecule has 1 aliphatic heterocycles. The highest BCUT2D eigenvalue weighted by atomic mass is 35.5. The molecule has 1 unspecified atom stereocenters. The van der Waals surface area contributed by atoms with Crippen LogP contribution in [0.15, 0.2) is 12.3 Å². The van der Waals surface area contributed by atoms with Gasteiger partial charge in [-0.15, -0.1) is 12.4 Å². The second-order valence-corrected chi connectivity index (χ2v) is 6.39. The SMILES string of the molecule is Cc1c2c(nc3cnc(Cl)cc13)CCC1(CCCO1)C2.Cl. The van der Waals surface area contributed by atoms with Crippen LogP contribution in [0, 0.1) is 6.92 Å². The molecule has 0 saturated carbocycles. The van der Waals surface area contributed by atoms with E-state index in [4.69, 9.17) is 21.3 Å². The number of fused-ring (bicyclic) bond motifs is 2. The second-order valence-electron chi connectivity index (χ2n) is 6.00. The summed E-state index contributed by atoms with van der Waals surface area (Å²) in [6, 6.07) is 1.93. The maximum atomic E-state index is 6.06. The molecule has 4 rings (SSSR count). The highest BCUT2D eigenvalue weighted by Gasteiger charge is 2.39. The zero-order valence-electron chi connectivity index (χ0n) is 12.0. The van der Waals surface area contributed by atoms with Crippen LogP contribution in [0.5, 0.6) is 0 Å². The van der Waals surface area contributed by atoms with Gasteiger partial charge in [-0.2, -0.15) is 0 Å². The van der Waals surface area contributed by atoms with Crippen LogP contribution in [-0.2, 0) is 17.6 Å². The van der Waals surface area contributed by atoms with Gasteiger partial charge in [-0.1, -0.05) is 11.6 Å². The van der Waals surface area contributed by atoms with Gasteiger partial charge < -0.3 is 4.74 Å². The highest BCUT2D eigenvalue weighted by molar-refractivity contribution is 6.30. The molecule has 3 heterocycles. The largest absolute Gasteiger partial charge is 0.375 e. The van der Waals surface area contributed by atoms with Gasteiger partial charge in [0.1, 0.15) is 5.15 Å². The summed E-state index contributed by atoms with van der Waals surface area (Å²) in [5.41, 5.74) is 4.91. The first-order valence-electron chi connectivity index (χ1n) is 7.24. The minimum Gasteiger partial charge on any atom is -0.375 e. The lowest BCUT2D eigenvalue weighted by molar-refractivity contribution is -0.00707. The number of halogens is 2. The van der Waals surface area contributed by atoms with Gasteiger partial charge in [0.15, 0.2) is 0 Å². The van der Waals surface area contributed by atoms with Crippen molar-refractivity contribution >= 4 is 34.9 Å². The lowest BCUT2D eigenvalue weighted by Gasteiger charge is -2.34. The van der Waals surface area contributed by atoms with E-state index in [1.54, 1.807) is 6.20 Å². The predicted octanol–water partition coefficient (Wildman–Crippen LogP) is 4.05. The predicted molar refractivity (Wildman–Crippen MR) is 86.5 cm³/mol. The Morgan fingerprint density at radius 2 is 2.19 bits per heavy atom. The summed E-state index contributed by atoms with van der Waals surface area (Å²) in [6.07, 6.45) is 7.25. The van der Waals surface area contributed by atoms with E-state index in [-0.39, 0.29) is 18.0 Å². The number of hydrogen-bond acceptors (Lipinski definition) is 3. The van der Waals surface area contributed by atoms with E-state index in [0.717, 1.165) is 36.8 Å². The van der Waals surface area contributed by atoms with Crippen molar-refractivity contribution in [2.75, 3.05) is 6.61 Å². The van der Waals surface area contributed by atoms with Gasteiger partial charge in [-0.3, -0.25) is 4.98 Å². The van der Waals surface area contributed by atoms with Gasteiger partial charge in [0.25, 0.3) is 0 Å². The molecule has 3 nitrogen and oxygen atoms in total. The molecular formula is C16H18Cl2N2O. The number of hydrogen-bond donors (Lipinski definition) is 0. The average Bonchev–Trinajstić information content (AvgIpc) is 2.89. The third-order valence-electron chi connectivity index (χ3n) is 4.81. The topological polar surface area (TPSA) is 35.0 Å². The number of nitrogens with zero attached hydrogens (tertiary/aromatic N) is 2. The first-order valence-corrected chi connectivity index (χ1v) is 7.62. The summed E-state index contributed by atoms with van der Waals surface area (Å²) in [6.45, 7) is 3.08.